The number of halogens is 5. The molecule has 0 aliphatic carbocycles. The molecule has 0 bridgehead atoms. The maximum atomic E-state index is 13.3. The largest absolute Gasteiger partial charge is 0.408 e. The van der Waals surface area contributed by atoms with Gasteiger partial charge in [0.2, 0.25) is 10.0 Å². The first-order chi connectivity index (χ1) is 14.0. The van der Waals surface area contributed by atoms with Crippen molar-refractivity contribution in [2.24, 2.45) is 0 Å². The molecule has 1 heterocycles. The van der Waals surface area contributed by atoms with Gasteiger partial charge < -0.3 is 4.74 Å². The number of ether oxygens (including phenoxy) is 1. The van der Waals surface area contributed by atoms with Crippen molar-refractivity contribution >= 4 is 22.4 Å². The maximum Gasteiger partial charge on any atom is 0.408 e. The zero-order chi connectivity index (χ0) is 21.9. The second-order valence-corrected chi connectivity index (χ2v) is 9.03. The van der Waals surface area contributed by atoms with E-state index in [0.717, 1.165) is 11.1 Å². The van der Waals surface area contributed by atoms with E-state index in [-0.39, 0.29) is 29.9 Å². The monoisotopic (exact) mass is 482 g/mol. The number of hydrogen-bond donors (Lipinski definition) is 1. The molecule has 0 aromatic heterocycles. The lowest BCUT2D eigenvalue weighted by atomic mass is 10.0. The Labute approximate surface area is 184 Å². The SMILES string of the molecule is CS(=O)(=O)N[C@@H](c1ccc(CN2CCOC(c3ccc(F)cc3)C2)cc1)C(F)(F)F.Cl. The average molecular weight is 483 g/mol. The van der Waals surface area contributed by atoms with Gasteiger partial charge in [-0.15, -0.1) is 12.4 Å². The molecule has 3 rings (SSSR count). The fourth-order valence-electron chi connectivity index (χ4n) is 3.34. The van der Waals surface area contributed by atoms with Crippen LogP contribution in [0.5, 0.6) is 0 Å². The van der Waals surface area contributed by atoms with Crippen LogP contribution in [0.25, 0.3) is 0 Å². The Morgan fingerprint density at radius 1 is 1.13 bits per heavy atom. The summed E-state index contributed by atoms with van der Waals surface area (Å²) in [4.78, 5) is 2.10. The molecule has 0 amide bonds. The lowest BCUT2D eigenvalue weighted by Gasteiger charge is -2.33. The molecule has 172 valence electrons. The Kier molecular flexibility index (Phi) is 8.46. The first-order valence-electron chi connectivity index (χ1n) is 9.23. The van der Waals surface area contributed by atoms with Crippen molar-refractivity contribution < 1.29 is 30.7 Å². The highest BCUT2D eigenvalue weighted by molar-refractivity contribution is 7.88. The third kappa shape index (κ3) is 7.43. The molecular weight excluding hydrogens is 460 g/mol. The number of alkyl halides is 3. The molecule has 1 fully saturated rings. The van der Waals surface area contributed by atoms with E-state index in [4.69, 9.17) is 4.74 Å². The predicted molar refractivity (Wildman–Crippen MR) is 111 cm³/mol. The van der Waals surface area contributed by atoms with Gasteiger partial charge in [0.05, 0.1) is 19.0 Å². The molecule has 2 aromatic carbocycles. The van der Waals surface area contributed by atoms with E-state index in [2.05, 4.69) is 4.90 Å². The molecule has 11 heteroatoms. The average Bonchev–Trinajstić information content (AvgIpc) is 2.66. The van der Waals surface area contributed by atoms with Crippen molar-refractivity contribution in [3.05, 3.63) is 71.0 Å². The van der Waals surface area contributed by atoms with Crippen LogP contribution in [0.1, 0.15) is 28.8 Å². The lowest BCUT2D eigenvalue weighted by molar-refractivity contribution is -0.153. The molecule has 2 aromatic rings. The van der Waals surface area contributed by atoms with Gasteiger partial charge in [-0.3, -0.25) is 4.90 Å². The van der Waals surface area contributed by atoms with Crippen molar-refractivity contribution in [3.8, 4) is 0 Å². The predicted octanol–water partition coefficient (Wildman–Crippen LogP) is 3.97. The Balaban J connectivity index is 0.00000341. The fourth-order valence-corrected chi connectivity index (χ4v) is 4.03. The van der Waals surface area contributed by atoms with Crippen molar-refractivity contribution in [2.45, 2.75) is 24.9 Å². The summed E-state index contributed by atoms with van der Waals surface area (Å²) in [6.45, 7) is 2.19. The Morgan fingerprint density at radius 3 is 2.29 bits per heavy atom. The smallest absolute Gasteiger partial charge is 0.371 e. The molecular formula is C20H23ClF4N2O3S. The minimum atomic E-state index is -4.75. The zero-order valence-corrected chi connectivity index (χ0v) is 18.2. The minimum absolute atomic E-state index is 0. The van der Waals surface area contributed by atoms with Crippen LogP contribution in [0.15, 0.2) is 48.5 Å². The Morgan fingerprint density at radius 2 is 1.74 bits per heavy atom. The van der Waals surface area contributed by atoms with E-state index in [1.807, 2.05) is 0 Å². The van der Waals surface area contributed by atoms with Crippen molar-refractivity contribution in [2.75, 3.05) is 26.0 Å². The van der Waals surface area contributed by atoms with Gasteiger partial charge in [-0.1, -0.05) is 36.4 Å². The molecule has 0 saturated carbocycles. The van der Waals surface area contributed by atoms with Crippen LogP contribution in [0.3, 0.4) is 0 Å². The highest BCUT2D eigenvalue weighted by Gasteiger charge is 2.42. The number of morpholine rings is 1. The molecule has 1 aliphatic rings. The van der Waals surface area contributed by atoms with Gasteiger partial charge in [0.15, 0.2) is 0 Å². The zero-order valence-electron chi connectivity index (χ0n) is 16.6. The van der Waals surface area contributed by atoms with Crippen LogP contribution < -0.4 is 4.72 Å². The van der Waals surface area contributed by atoms with E-state index in [1.165, 1.54) is 24.3 Å². The summed E-state index contributed by atoms with van der Waals surface area (Å²) in [5, 5.41) is 0. The maximum absolute atomic E-state index is 13.3. The first kappa shape index (κ1) is 25.5. The number of nitrogens with one attached hydrogen (secondary N) is 1. The molecule has 31 heavy (non-hydrogen) atoms. The number of nitrogens with zero attached hydrogens (tertiary/aromatic N) is 1. The van der Waals surface area contributed by atoms with Crippen LogP contribution in [-0.4, -0.2) is 45.4 Å². The Hall–Kier alpha value is -1.72. The van der Waals surface area contributed by atoms with E-state index in [1.54, 1.807) is 29.0 Å². The summed E-state index contributed by atoms with van der Waals surface area (Å²) < 4.78 is 82.9. The highest BCUT2D eigenvalue weighted by atomic mass is 35.5. The second-order valence-electron chi connectivity index (χ2n) is 7.25. The van der Waals surface area contributed by atoms with Gasteiger partial charge >= 0.3 is 6.18 Å². The van der Waals surface area contributed by atoms with Gasteiger partial charge in [-0.2, -0.15) is 17.9 Å². The van der Waals surface area contributed by atoms with E-state index >= 15 is 0 Å². The lowest BCUT2D eigenvalue weighted by Crippen LogP contribution is -2.38. The Bertz CT molecular complexity index is 954. The minimum Gasteiger partial charge on any atom is -0.371 e. The topological polar surface area (TPSA) is 58.6 Å². The molecule has 0 radical (unpaired) electrons. The normalized spacial score (nSPS) is 18.9. The molecule has 2 atom stereocenters. The van der Waals surface area contributed by atoms with Crippen LogP contribution >= 0.6 is 12.4 Å². The van der Waals surface area contributed by atoms with Gasteiger partial charge in [-0.05, 0) is 28.8 Å². The van der Waals surface area contributed by atoms with E-state index in [9.17, 15) is 26.0 Å². The number of hydrogen-bond acceptors (Lipinski definition) is 4. The summed E-state index contributed by atoms with van der Waals surface area (Å²) in [6, 6.07) is 9.46. The van der Waals surface area contributed by atoms with E-state index in [0.29, 0.717) is 32.5 Å². The van der Waals surface area contributed by atoms with Crippen LogP contribution in [0, 0.1) is 5.82 Å². The van der Waals surface area contributed by atoms with Gasteiger partial charge in [0.25, 0.3) is 0 Å². The molecule has 5 nitrogen and oxygen atoms in total. The number of benzene rings is 2. The standard InChI is InChI=1S/C20H22F4N2O3S.ClH/c1-30(27,28)25-19(20(22,23)24)16-4-2-14(3-5-16)12-26-10-11-29-18(13-26)15-6-8-17(21)9-7-15;/h2-9,18-19,25H,10-13H2,1H3;1H/t18?,19-;/m0./s1. The highest BCUT2D eigenvalue weighted by Crippen LogP contribution is 2.33. The van der Waals surface area contributed by atoms with Gasteiger partial charge in [0.1, 0.15) is 11.9 Å². The van der Waals surface area contributed by atoms with Crippen molar-refractivity contribution in [1.82, 2.24) is 9.62 Å². The van der Waals surface area contributed by atoms with Crippen molar-refractivity contribution in [3.63, 3.8) is 0 Å². The second kappa shape index (κ2) is 10.3. The first-order valence-corrected chi connectivity index (χ1v) is 11.1. The molecule has 0 spiro atoms. The summed E-state index contributed by atoms with van der Waals surface area (Å²) in [5.41, 5.74) is 1.47. The summed E-state index contributed by atoms with van der Waals surface area (Å²) >= 11 is 0. The van der Waals surface area contributed by atoms with E-state index < -0.39 is 22.2 Å². The molecule has 1 aliphatic heterocycles. The van der Waals surface area contributed by atoms with Crippen molar-refractivity contribution in [1.29, 1.82) is 0 Å². The molecule has 1 N–H and O–H groups in total. The quantitative estimate of drug-likeness (QED) is 0.633. The van der Waals surface area contributed by atoms with Crippen LogP contribution in [0.4, 0.5) is 17.6 Å². The van der Waals surface area contributed by atoms with Gasteiger partial charge in [-0.25, -0.2) is 12.8 Å². The number of sulfonamides is 1. The molecule has 1 saturated heterocycles. The fraction of sp³-hybridized carbons (Fsp3) is 0.400. The number of rotatable bonds is 6. The van der Waals surface area contributed by atoms with Gasteiger partial charge in [0, 0.05) is 19.6 Å². The third-order valence-electron chi connectivity index (χ3n) is 4.77. The summed E-state index contributed by atoms with van der Waals surface area (Å²) in [6.07, 6.45) is -4.28. The third-order valence-corrected chi connectivity index (χ3v) is 5.43. The summed E-state index contributed by atoms with van der Waals surface area (Å²) in [7, 11) is -4.04. The van der Waals surface area contributed by atoms with Crippen LogP contribution in [0.2, 0.25) is 0 Å². The summed E-state index contributed by atoms with van der Waals surface area (Å²) in [5.74, 6) is -0.325. The van der Waals surface area contributed by atoms with Crippen LogP contribution in [-0.2, 0) is 21.3 Å². The molecule has 1 unspecified atom stereocenters.